The van der Waals surface area contributed by atoms with Gasteiger partial charge in [-0.1, -0.05) is 0 Å². The topological polar surface area (TPSA) is 78.0 Å². The molecule has 5 nitrogen and oxygen atoms in total. The molecular weight excluding hydrogens is 266 g/mol. The van der Waals surface area contributed by atoms with Crippen LogP contribution >= 0.6 is 0 Å². The van der Waals surface area contributed by atoms with Gasteiger partial charge in [0.15, 0.2) is 0 Å². The summed E-state index contributed by atoms with van der Waals surface area (Å²) in [6, 6.07) is 8.71. The lowest BCUT2D eigenvalue weighted by Crippen LogP contribution is -2.12. The van der Waals surface area contributed by atoms with Crippen molar-refractivity contribution in [2.24, 2.45) is 0 Å². The Bertz CT molecular complexity index is 837. The molecule has 2 aromatic carbocycles. The fraction of sp³-hybridized carbons (Fsp3) is 0.125. The average molecular weight is 281 g/mol. The van der Waals surface area contributed by atoms with Crippen LogP contribution in [0, 0.1) is 13.8 Å². The van der Waals surface area contributed by atoms with Gasteiger partial charge in [-0.15, -0.1) is 0 Å². The molecule has 0 spiro atoms. The molecular formula is C16H15N3O2. The minimum Gasteiger partial charge on any atom is -0.508 e. The normalized spacial score (nSPS) is 10.8. The zero-order valence-corrected chi connectivity index (χ0v) is 11.8. The highest BCUT2D eigenvalue weighted by Crippen LogP contribution is 2.25. The quantitative estimate of drug-likeness (QED) is 0.631. The molecule has 21 heavy (non-hydrogen) atoms. The molecule has 0 saturated carbocycles. The molecule has 0 unspecified atom stereocenters. The van der Waals surface area contributed by atoms with Gasteiger partial charge in [-0.25, -0.2) is 4.98 Å². The number of rotatable bonds is 2. The van der Waals surface area contributed by atoms with Crippen molar-refractivity contribution in [2.45, 2.75) is 13.8 Å². The number of aromatic nitrogens is 2. The van der Waals surface area contributed by atoms with Crippen molar-refractivity contribution in [3.63, 3.8) is 0 Å². The van der Waals surface area contributed by atoms with Crippen molar-refractivity contribution in [1.29, 1.82) is 0 Å². The number of benzene rings is 2. The van der Waals surface area contributed by atoms with Gasteiger partial charge in [-0.2, -0.15) is 0 Å². The lowest BCUT2D eigenvalue weighted by Gasteiger charge is -2.10. The molecule has 0 saturated heterocycles. The first kappa shape index (κ1) is 13.2. The molecule has 5 heteroatoms. The van der Waals surface area contributed by atoms with E-state index in [0.717, 1.165) is 22.2 Å². The van der Waals surface area contributed by atoms with Crippen molar-refractivity contribution in [3.05, 3.63) is 53.3 Å². The highest BCUT2D eigenvalue weighted by atomic mass is 16.3. The van der Waals surface area contributed by atoms with Crippen LogP contribution in [0.25, 0.3) is 11.0 Å². The number of hydrogen-bond acceptors (Lipinski definition) is 3. The molecule has 0 fully saturated rings. The number of nitrogens with zero attached hydrogens (tertiary/aromatic N) is 1. The number of phenols is 1. The molecule has 0 bridgehead atoms. The Hall–Kier alpha value is -2.82. The Morgan fingerprint density at radius 2 is 2.00 bits per heavy atom. The molecule has 0 aliphatic rings. The lowest BCUT2D eigenvalue weighted by molar-refractivity contribution is 0.102. The number of carbonyl (C=O) groups is 1. The maximum Gasteiger partial charge on any atom is 0.255 e. The Morgan fingerprint density at radius 3 is 2.81 bits per heavy atom. The molecule has 0 atom stereocenters. The van der Waals surface area contributed by atoms with Crippen molar-refractivity contribution in [1.82, 2.24) is 9.97 Å². The molecule has 1 amide bonds. The van der Waals surface area contributed by atoms with Crippen LogP contribution in [0.2, 0.25) is 0 Å². The molecule has 3 rings (SSSR count). The summed E-state index contributed by atoms with van der Waals surface area (Å²) in [5.74, 6) is 0.0315. The summed E-state index contributed by atoms with van der Waals surface area (Å²) in [5.41, 5.74) is 4.43. The number of carbonyl (C=O) groups excluding carboxylic acids is 1. The number of hydrogen-bond donors (Lipinski definition) is 3. The highest BCUT2D eigenvalue weighted by Gasteiger charge is 2.10. The van der Waals surface area contributed by atoms with E-state index >= 15 is 0 Å². The smallest absolute Gasteiger partial charge is 0.255 e. The van der Waals surface area contributed by atoms with Crippen LogP contribution in [-0.2, 0) is 0 Å². The standard InChI is InChI=1S/C16H15N3O2/c1-9-6-15(20)10(2)5-13(9)19-16(21)11-3-4-12-14(7-11)18-8-17-12/h3-8,20H,1-2H3,(H,17,18)(H,19,21). The zero-order chi connectivity index (χ0) is 15.0. The first-order chi connectivity index (χ1) is 10.0. The van der Waals surface area contributed by atoms with Gasteiger partial charge in [0.25, 0.3) is 5.91 Å². The fourth-order valence-corrected chi connectivity index (χ4v) is 2.21. The first-order valence-corrected chi connectivity index (χ1v) is 6.59. The van der Waals surface area contributed by atoms with Gasteiger partial charge in [0.2, 0.25) is 0 Å². The van der Waals surface area contributed by atoms with Gasteiger partial charge in [-0.3, -0.25) is 4.79 Å². The van der Waals surface area contributed by atoms with E-state index in [2.05, 4.69) is 15.3 Å². The van der Waals surface area contributed by atoms with Crippen molar-refractivity contribution < 1.29 is 9.90 Å². The summed E-state index contributed by atoms with van der Waals surface area (Å²) in [7, 11) is 0. The Labute approximate surface area is 121 Å². The summed E-state index contributed by atoms with van der Waals surface area (Å²) in [4.78, 5) is 19.4. The van der Waals surface area contributed by atoms with Crippen LogP contribution in [0.4, 0.5) is 5.69 Å². The van der Waals surface area contributed by atoms with E-state index in [0.29, 0.717) is 11.3 Å². The molecule has 3 N–H and O–H groups in total. The first-order valence-electron chi connectivity index (χ1n) is 6.59. The number of nitrogens with one attached hydrogen (secondary N) is 2. The number of imidazole rings is 1. The van der Waals surface area contributed by atoms with E-state index in [-0.39, 0.29) is 11.7 Å². The maximum absolute atomic E-state index is 12.3. The maximum atomic E-state index is 12.3. The van der Waals surface area contributed by atoms with Crippen LogP contribution in [0.5, 0.6) is 5.75 Å². The fourth-order valence-electron chi connectivity index (χ4n) is 2.21. The molecule has 106 valence electrons. The van der Waals surface area contributed by atoms with Crippen LogP contribution < -0.4 is 5.32 Å². The largest absolute Gasteiger partial charge is 0.508 e. The number of aromatic amines is 1. The minimum absolute atomic E-state index is 0.195. The van der Waals surface area contributed by atoms with E-state index < -0.39 is 0 Å². The summed E-state index contributed by atoms with van der Waals surface area (Å²) >= 11 is 0. The van der Waals surface area contributed by atoms with Crippen molar-refractivity contribution >= 4 is 22.6 Å². The predicted octanol–water partition coefficient (Wildman–Crippen LogP) is 3.14. The zero-order valence-electron chi connectivity index (χ0n) is 11.8. The molecule has 0 aliphatic heterocycles. The van der Waals surface area contributed by atoms with E-state index in [1.54, 1.807) is 43.6 Å². The number of aromatic hydroxyl groups is 1. The second-order valence-corrected chi connectivity index (χ2v) is 5.04. The van der Waals surface area contributed by atoms with E-state index in [1.165, 1.54) is 0 Å². The van der Waals surface area contributed by atoms with Gasteiger partial charge >= 0.3 is 0 Å². The molecule has 0 aliphatic carbocycles. The average Bonchev–Trinajstić information content (AvgIpc) is 2.92. The third kappa shape index (κ3) is 2.45. The summed E-state index contributed by atoms with van der Waals surface area (Å²) in [6.07, 6.45) is 1.60. The Morgan fingerprint density at radius 1 is 1.19 bits per heavy atom. The molecule has 3 aromatic rings. The molecule has 0 radical (unpaired) electrons. The monoisotopic (exact) mass is 281 g/mol. The number of phenolic OH excluding ortho intramolecular Hbond substituents is 1. The molecule has 1 aromatic heterocycles. The number of fused-ring (bicyclic) bond motifs is 1. The Kier molecular flexibility index (Phi) is 3.10. The molecule has 1 heterocycles. The van der Waals surface area contributed by atoms with E-state index in [4.69, 9.17) is 0 Å². The van der Waals surface area contributed by atoms with Crippen molar-refractivity contribution in [2.75, 3.05) is 5.32 Å². The van der Waals surface area contributed by atoms with Crippen LogP contribution in [-0.4, -0.2) is 21.0 Å². The summed E-state index contributed by atoms with van der Waals surface area (Å²) in [5, 5.41) is 12.5. The van der Waals surface area contributed by atoms with E-state index in [9.17, 15) is 9.90 Å². The highest BCUT2D eigenvalue weighted by molar-refractivity contribution is 6.06. The second-order valence-electron chi connectivity index (χ2n) is 5.04. The number of aryl methyl sites for hydroxylation is 2. The van der Waals surface area contributed by atoms with Crippen LogP contribution in [0.1, 0.15) is 21.5 Å². The van der Waals surface area contributed by atoms with Gasteiger partial charge in [0.1, 0.15) is 5.75 Å². The summed E-state index contributed by atoms with van der Waals surface area (Å²) < 4.78 is 0. The summed E-state index contributed by atoms with van der Waals surface area (Å²) in [6.45, 7) is 3.63. The van der Waals surface area contributed by atoms with Gasteiger partial charge in [0.05, 0.1) is 17.4 Å². The lowest BCUT2D eigenvalue weighted by atomic mass is 10.1. The van der Waals surface area contributed by atoms with E-state index in [1.807, 2.05) is 6.92 Å². The van der Waals surface area contributed by atoms with Gasteiger partial charge < -0.3 is 15.4 Å². The van der Waals surface area contributed by atoms with Gasteiger partial charge in [0, 0.05) is 11.3 Å². The minimum atomic E-state index is -0.195. The second kappa shape index (κ2) is 4.94. The Balaban J connectivity index is 1.90. The van der Waals surface area contributed by atoms with Gasteiger partial charge in [-0.05, 0) is 55.3 Å². The number of anilines is 1. The third-order valence-electron chi connectivity index (χ3n) is 3.47. The SMILES string of the molecule is Cc1cc(NC(=O)c2ccc3nc[nH]c3c2)c(C)cc1O. The van der Waals surface area contributed by atoms with Crippen molar-refractivity contribution in [3.8, 4) is 5.75 Å². The predicted molar refractivity (Wildman–Crippen MR) is 81.6 cm³/mol. The van der Waals surface area contributed by atoms with Crippen LogP contribution in [0.15, 0.2) is 36.7 Å². The number of amides is 1. The van der Waals surface area contributed by atoms with Crippen LogP contribution in [0.3, 0.4) is 0 Å². The number of H-pyrrole nitrogens is 1. The third-order valence-corrected chi connectivity index (χ3v) is 3.47.